The average molecular weight is 543 g/mol. The van der Waals surface area contributed by atoms with E-state index in [1.165, 1.54) is 12.8 Å². The number of halogens is 3. The third kappa shape index (κ3) is 9.26. The Balaban J connectivity index is 0.000000212. The number of benzene rings is 3. The molecule has 0 aliphatic heterocycles. The average Bonchev–Trinajstić information content (AvgIpc) is 3.74. The maximum atomic E-state index is 12.4. The van der Waals surface area contributed by atoms with Crippen LogP contribution in [0.2, 0.25) is 0 Å². The molecule has 3 aromatic rings. The molecule has 0 bridgehead atoms. The summed E-state index contributed by atoms with van der Waals surface area (Å²) in [6.45, 7) is 4.74. The normalized spacial score (nSPS) is 13.6. The molecule has 0 radical (unpaired) electrons. The standard InChI is InChI=1S/C16H15NO2S.C14H18F3N/c1-12(17-15-4-2-3-5-16(15)20)14-8-6-13(7-9-14)10-19-11-18;1-18-13(9-4-10-2-3-10)11-5-7-12(8-6-11)14(15,16)17/h2-9,11,17,20H,1,10H2;5-8,10,13,18H,2-4,9H2,1H3. The lowest BCUT2D eigenvalue weighted by Crippen LogP contribution is -2.16. The zero-order chi connectivity index (χ0) is 27.5. The fourth-order valence-corrected chi connectivity index (χ4v) is 4.15. The van der Waals surface area contributed by atoms with E-state index in [9.17, 15) is 18.0 Å². The molecule has 0 amide bonds. The molecule has 202 valence electrons. The number of nitrogens with one attached hydrogen (secondary N) is 2. The molecule has 1 saturated carbocycles. The molecular weight excluding hydrogens is 509 g/mol. The zero-order valence-electron chi connectivity index (χ0n) is 21.3. The molecule has 1 unspecified atom stereocenters. The molecule has 38 heavy (non-hydrogen) atoms. The number of thiol groups is 1. The van der Waals surface area contributed by atoms with Gasteiger partial charge in [0.15, 0.2) is 0 Å². The molecular formula is C30H33F3N2O2S. The van der Waals surface area contributed by atoms with E-state index < -0.39 is 11.7 Å². The van der Waals surface area contributed by atoms with Crippen LogP contribution in [0.4, 0.5) is 18.9 Å². The van der Waals surface area contributed by atoms with Gasteiger partial charge in [-0.25, -0.2) is 0 Å². The monoisotopic (exact) mass is 542 g/mol. The molecule has 2 N–H and O–H groups in total. The first-order chi connectivity index (χ1) is 18.2. The van der Waals surface area contributed by atoms with Crippen molar-refractivity contribution in [1.82, 2.24) is 5.32 Å². The largest absolute Gasteiger partial charge is 0.463 e. The first-order valence-corrected chi connectivity index (χ1v) is 12.9. The highest BCUT2D eigenvalue weighted by atomic mass is 32.1. The third-order valence-corrected chi connectivity index (χ3v) is 6.75. The molecule has 8 heteroatoms. The lowest BCUT2D eigenvalue weighted by molar-refractivity contribution is -0.137. The summed E-state index contributed by atoms with van der Waals surface area (Å²) in [6.07, 6.45) is 0.521. The van der Waals surface area contributed by atoms with Crippen LogP contribution in [-0.4, -0.2) is 13.5 Å². The molecule has 1 atom stereocenters. The summed E-state index contributed by atoms with van der Waals surface area (Å²) in [5, 5.41) is 6.41. The number of ether oxygens (including phenoxy) is 1. The Morgan fingerprint density at radius 3 is 2.29 bits per heavy atom. The van der Waals surface area contributed by atoms with Gasteiger partial charge in [-0.05, 0) is 66.8 Å². The smallest absolute Gasteiger partial charge is 0.416 e. The Bertz CT molecular complexity index is 1180. The van der Waals surface area contributed by atoms with E-state index in [0.717, 1.165) is 63.9 Å². The number of hydrogen-bond donors (Lipinski definition) is 3. The fourth-order valence-electron chi connectivity index (χ4n) is 3.94. The van der Waals surface area contributed by atoms with E-state index in [0.29, 0.717) is 6.47 Å². The van der Waals surface area contributed by atoms with Crippen molar-refractivity contribution in [2.45, 2.75) is 49.4 Å². The molecule has 0 saturated heterocycles. The van der Waals surface area contributed by atoms with Crippen LogP contribution < -0.4 is 10.6 Å². The highest BCUT2D eigenvalue weighted by molar-refractivity contribution is 7.80. The van der Waals surface area contributed by atoms with Crippen molar-refractivity contribution in [3.8, 4) is 0 Å². The van der Waals surface area contributed by atoms with Gasteiger partial charge in [0.25, 0.3) is 6.47 Å². The Hall–Kier alpha value is -3.23. The first-order valence-electron chi connectivity index (χ1n) is 12.4. The first kappa shape index (κ1) is 29.3. The molecule has 0 heterocycles. The Morgan fingerprint density at radius 2 is 1.74 bits per heavy atom. The minimum Gasteiger partial charge on any atom is -0.463 e. The SMILES string of the molecule is C=C(Nc1ccccc1S)c1ccc(COC=O)cc1.CNC(CCC1CC1)c1ccc(C(F)(F)F)cc1. The van der Waals surface area contributed by atoms with E-state index >= 15 is 0 Å². The Morgan fingerprint density at radius 1 is 1.08 bits per heavy atom. The van der Waals surface area contributed by atoms with Gasteiger partial charge in [-0.3, -0.25) is 4.79 Å². The second-order valence-corrected chi connectivity index (χ2v) is 9.69. The van der Waals surface area contributed by atoms with Gasteiger partial charge in [-0.15, -0.1) is 12.6 Å². The summed E-state index contributed by atoms with van der Waals surface area (Å²) in [6, 6.07) is 21.0. The van der Waals surface area contributed by atoms with Crippen LogP contribution in [0.5, 0.6) is 0 Å². The van der Waals surface area contributed by atoms with E-state index in [2.05, 4.69) is 29.8 Å². The number of carbonyl (C=O) groups excluding carboxylic acids is 1. The summed E-state index contributed by atoms with van der Waals surface area (Å²) < 4.78 is 42.0. The van der Waals surface area contributed by atoms with Crippen molar-refractivity contribution >= 4 is 30.5 Å². The molecule has 1 fully saturated rings. The number of para-hydroxylation sites is 1. The van der Waals surface area contributed by atoms with Gasteiger partial charge in [-0.1, -0.05) is 68.0 Å². The quantitative estimate of drug-likeness (QED) is 0.170. The van der Waals surface area contributed by atoms with Crippen molar-refractivity contribution in [2.75, 3.05) is 12.4 Å². The lowest BCUT2D eigenvalue weighted by atomic mass is 9.99. The van der Waals surface area contributed by atoms with Crippen molar-refractivity contribution in [3.63, 3.8) is 0 Å². The van der Waals surface area contributed by atoms with Gasteiger partial charge in [0.05, 0.1) is 11.3 Å². The van der Waals surface area contributed by atoms with Crippen LogP contribution in [0, 0.1) is 5.92 Å². The fraction of sp³-hybridized carbons (Fsp3) is 0.300. The van der Waals surface area contributed by atoms with Gasteiger partial charge >= 0.3 is 6.18 Å². The molecule has 0 spiro atoms. The number of alkyl halides is 3. The Labute approximate surface area is 227 Å². The van der Waals surface area contributed by atoms with Crippen molar-refractivity contribution < 1.29 is 22.7 Å². The second kappa shape index (κ2) is 14.1. The summed E-state index contributed by atoms with van der Waals surface area (Å²) >= 11 is 4.39. The minimum absolute atomic E-state index is 0.160. The van der Waals surface area contributed by atoms with E-state index in [1.807, 2.05) is 55.6 Å². The van der Waals surface area contributed by atoms with E-state index in [4.69, 9.17) is 4.74 Å². The maximum Gasteiger partial charge on any atom is 0.416 e. The van der Waals surface area contributed by atoms with Crippen molar-refractivity contribution in [2.24, 2.45) is 5.92 Å². The predicted molar refractivity (Wildman–Crippen MR) is 149 cm³/mol. The van der Waals surface area contributed by atoms with Crippen LogP contribution in [-0.2, 0) is 22.3 Å². The van der Waals surface area contributed by atoms with Crippen LogP contribution >= 0.6 is 12.6 Å². The van der Waals surface area contributed by atoms with Crippen LogP contribution in [0.15, 0.2) is 84.3 Å². The second-order valence-electron chi connectivity index (χ2n) is 9.21. The summed E-state index contributed by atoms with van der Waals surface area (Å²) in [5.74, 6) is 0.843. The zero-order valence-corrected chi connectivity index (χ0v) is 22.2. The van der Waals surface area contributed by atoms with Gasteiger partial charge in [0, 0.05) is 16.6 Å². The third-order valence-electron chi connectivity index (χ3n) is 6.36. The van der Waals surface area contributed by atoms with Crippen molar-refractivity contribution in [1.29, 1.82) is 0 Å². The number of anilines is 1. The van der Waals surface area contributed by atoms with E-state index in [1.54, 1.807) is 12.1 Å². The molecule has 0 aromatic heterocycles. The maximum absolute atomic E-state index is 12.4. The lowest BCUT2D eigenvalue weighted by Gasteiger charge is -2.17. The highest BCUT2D eigenvalue weighted by Gasteiger charge is 2.30. The van der Waals surface area contributed by atoms with Gasteiger partial charge in [0.1, 0.15) is 6.61 Å². The summed E-state index contributed by atoms with van der Waals surface area (Å²) in [5.41, 5.74) is 3.96. The van der Waals surface area contributed by atoms with E-state index in [-0.39, 0.29) is 12.6 Å². The number of hydrogen-bond acceptors (Lipinski definition) is 5. The molecule has 3 aromatic carbocycles. The van der Waals surface area contributed by atoms with Gasteiger partial charge in [-0.2, -0.15) is 13.2 Å². The van der Waals surface area contributed by atoms with Crippen LogP contribution in [0.25, 0.3) is 5.70 Å². The molecule has 4 nitrogen and oxygen atoms in total. The minimum atomic E-state index is -4.25. The highest BCUT2D eigenvalue weighted by Crippen LogP contribution is 2.36. The van der Waals surface area contributed by atoms with Crippen LogP contribution in [0.3, 0.4) is 0 Å². The summed E-state index contributed by atoms with van der Waals surface area (Å²) in [4.78, 5) is 11.0. The topological polar surface area (TPSA) is 50.4 Å². The number of rotatable bonds is 11. The molecule has 1 aliphatic rings. The van der Waals surface area contributed by atoms with Gasteiger partial charge in [0.2, 0.25) is 0 Å². The van der Waals surface area contributed by atoms with Gasteiger partial charge < -0.3 is 15.4 Å². The predicted octanol–water partition coefficient (Wildman–Crippen LogP) is 7.89. The molecule has 1 aliphatic carbocycles. The Kier molecular flexibility index (Phi) is 10.9. The number of carbonyl (C=O) groups is 1. The van der Waals surface area contributed by atoms with Crippen LogP contribution in [0.1, 0.15) is 54.0 Å². The molecule has 4 rings (SSSR count). The van der Waals surface area contributed by atoms with Crippen molar-refractivity contribution in [3.05, 3.63) is 102 Å². The summed E-state index contributed by atoms with van der Waals surface area (Å²) in [7, 11) is 1.86.